The summed E-state index contributed by atoms with van der Waals surface area (Å²) < 4.78 is 4.92. The van der Waals surface area contributed by atoms with Gasteiger partial charge in [0.1, 0.15) is 5.69 Å². The number of amides is 1. The lowest BCUT2D eigenvalue weighted by atomic mass is 10.3. The fraction of sp³-hybridized carbons (Fsp3) is 0.500. The van der Waals surface area contributed by atoms with Crippen molar-refractivity contribution in [3.05, 3.63) is 18.1 Å². The van der Waals surface area contributed by atoms with E-state index in [1.807, 2.05) is 0 Å². The third kappa shape index (κ3) is 3.97. The zero-order valence-electron chi connectivity index (χ0n) is 10.0. The van der Waals surface area contributed by atoms with Gasteiger partial charge < -0.3 is 15.1 Å². The van der Waals surface area contributed by atoms with E-state index in [2.05, 4.69) is 15.4 Å². The number of carbonyl (C=O) groups is 1. The molecule has 17 heavy (non-hydrogen) atoms. The highest BCUT2D eigenvalue weighted by Crippen LogP contribution is 2.02. The third-order valence-electron chi connectivity index (χ3n) is 2.21. The molecular formula is C10H17N5O2. The summed E-state index contributed by atoms with van der Waals surface area (Å²) >= 11 is 0. The van der Waals surface area contributed by atoms with Crippen molar-refractivity contribution in [2.45, 2.75) is 6.42 Å². The molecule has 1 amide bonds. The summed E-state index contributed by atoms with van der Waals surface area (Å²) in [4.78, 5) is 21.3. The lowest BCUT2D eigenvalue weighted by molar-refractivity contribution is 0.0773. The van der Waals surface area contributed by atoms with Crippen LogP contribution >= 0.6 is 0 Å². The molecule has 1 aromatic rings. The summed E-state index contributed by atoms with van der Waals surface area (Å²) in [7, 11) is 3.35. The number of hydrogen-bond donors (Lipinski definition) is 2. The Morgan fingerprint density at radius 3 is 2.82 bits per heavy atom. The predicted octanol–water partition coefficient (Wildman–Crippen LogP) is -0.129. The molecule has 0 aliphatic rings. The second-order valence-corrected chi connectivity index (χ2v) is 3.50. The summed E-state index contributed by atoms with van der Waals surface area (Å²) in [5.41, 5.74) is 2.64. The third-order valence-corrected chi connectivity index (χ3v) is 2.21. The Hall–Kier alpha value is -1.73. The van der Waals surface area contributed by atoms with E-state index < -0.39 is 0 Å². The number of carbonyl (C=O) groups excluding carboxylic acids is 1. The Morgan fingerprint density at radius 1 is 1.53 bits per heavy atom. The largest absolute Gasteiger partial charge is 0.385 e. The van der Waals surface area contributed by atoms with Gasteiger partial charge in [-0.3, -0.25) is 4.79 Å². The number of hydrogen-bond acceptors (Lipinski definition) is 6. The molecule has 7 heteroatoms. The highest BCUT2D eigenvalue weighted by molar-refractivity contribution is 5.91. The minimum Gasteiger partial charge on any atom is -0.385 e. The van der Waals surface area contributed by atoms with Crippen LogP contribution in [0, 0.1) is 0 Å². The lowest BCUT2D eigenvalue weighted by Crippen LogP contribution is -2.29. The number of aromatic nitrogens is 2. The Kier molecular flexibility index (Phi) is 5.31. The van der Waals surface area contributed by atoms with Gasteiger partial charge in [-0.15, -0.1) is 0 Å². The van der Waals surface area contributed by atoms with E-state index >= 15 is 0 Å². The topological polar surface area (TPSA) is 93.4 Å². The van der Waals surface area contributed by atoms with Gasteiger partial charge in [-0.05, 0) is 6.42 Å². The van der Waals surface area contributed by atoms with Crippen LogP contribution in [0.2, 0.25) is 0 Å². The van der Waals surface area contributed by atoms with E-state index in [0.29, 0.717) is 24.7 Å². The molecule has 0 spiro atoms. The minimum absolute atomic E-state index is 0.169. The molecule has 0 unspecified atom stereocenters. The van der Waals surface area contributed by atoms with Gasteiger partial charge in [0.15, 0.2) is 5.82 Å². The van der Waals surface area contributed by atoms with Crippen molar-refractivity contribution in [2.24, 2.45) is 5.84 Å². The molecule has 0 saturated heterocycles. The Morgan fingerprint density at radius 2 is 2.29 bits per heavy atom. The van der Waals surface area contributed by atoms with Crippen molar-refractivity contribution in [3.63, 3.8) is 0 Å². The van der Waals surface area contributed by atoms with Gasteiger partial charge in [0.25, 0.3) is 5.91 Å². The van der Waals surface area contributed by atoms with Crippen LogP contribution in [-0.2, 0) is 4.74 Å². The summed E-state index contributed by atoms with van der Waals surface area (Å²) in [5.74, 6) is 5.41. The van der Waals surface area contributed by atoms with Gasteiger partial charge in [-0.2, -0.15) is 0 Å². The van der Waals surface area contributed by atoms with E-state index in [-0.39, 0.29) is 5.91 Å². The second-order valence-electron chi connectivity index (χ2n) is 3.50. The quantitative estimate of drug-likeness (QED) is 0.408. The van der Waals surface area contributed by atoms with Crippen LogP contribution in [-0.4, -0.2) is 48.1 Å². The summed E-state index contributed by atoms with van der Waals surface area (Å²) in [5, 5.41) is 0. The molecule has 3 N–H and O–H groups in total. The number of nitrogens with zero attached hydrogens (tertiary/aromatic N) is 3. The summed E-state index contributed by atoms with van der Waals surface area (Å²) in [6.07, 6.45) is 3.59. The first-order chi connectivity index (χ1) is 8.19. The number of anilines is 1. The van der Waals surface area contributed by atoms with E-state index in [1.165, 1.54) is 12.4 Å². The highest BCUT2D eigenvalue weighted by Gasteiger charge is 2.12. The monoisotopic (exact) mass is 239 g/mol. The molecule has 0 fully saturated rings. The molecule has 0 aromatic carbocycles. The van der Waals surface area contributed by atoms with Crippen LogP contribution in [0.5, 0.6) is 0 Å². The van der Waals surface area contributed by atoms with Crippen LogP contribution in [0.3, 0.4) is 0 Å². The van der Waals surface area contributed by atoms with Gasteiger partial charge in [0.2, 0.25) is 0 Å². The van der Waals surface area contributed by atoms with E-state index in [4.69, 9.17) is 10.6 Å². The zero-order valence-corrected chi connectivity index (χ0v) is 10.0. The van der Waals surface area contributed by atoms with Crippen LogP contribution in [0.4, 0.5) is 5.82 Å². The molecule has 0 atom stereocenters. The van der Waals surface area contributed by atoms with Gasteiger partial charge >= 0.3 is 0 Å². The summed E-state index contributed by atoms with van der Waals surface area (Å²) in [6.45, 7) is 1.24. The minimum atomic E-state index is -0.169. The number of nitrogens with two attached hydrogens (primary N) is 1. The molecule has 1 heterocycles. The second kappa shape index (κ2) is 6.77. The van der Waals surface area contributed by atoms with Crippen molar-refractivity contribution in [3.8, 4) is 0 Å². The number of nitrogen functional groups attached to an aromatic ring is 1. The zero-order chi connectivity index (χ0) is 12.7. The smallest absolute Gasteiger partial charge is 0.273 e. The Bertz CT molecular complexity index is 354. The van der Waals surface area contributed by atoms with Gasteiger partial charge in [0.05, 0.1) is 12.4 Å². The molecule has 0 aliphatic carbocycles. The normalized spacial score (nSPS) is 10.1. The lowest BCUT2D eigenvalue weighted by Gasteiger charge is -2.16. The SMILES string of the molecule is COCCCN(C)C(=O)c1cnc(NN)cn1. The average molecular weight is 239 g/mol. The van der Waals surface area contributed by atoms with Crippen molar-refractivity contribution >= 4 is 11.7 Å². The Balaban J connectivity index is 2.55. The Labute approximate surface area is 100.0 Å². The van der Waals surface area contributed by atoms with E-state index in [9.17, 15) is 4.79 Å². The van der Waals surface area contributed by atoms with Crippen molar-refractivity contribution in [2.75, 3.05) is 32.7 Å². The number of ether oxygens (including phenoxy) is 1. The average Bonchev–Trinajstić information content (AvgIpc) is 2.38. The van der Waals surface area contributed by atoms with Gasteiger partial charge in [-0.25, -0.2) is 15.8 Å². The van der Waals surface area contributed by atoms with E-state index in [1.54, 1.807) is 19.1 Å². The fourth-order valence-electron chi connectivity index (χ4n) is 1.26. The molecule has 1 rings (SSSR count). The standard InChI is InChI=1S/C10H17N5O2/c1-15(4-3-5-17-2)10(16)8-6-13-9(14-11)7-12-8/h6-7H,3-5,11H2,1-2H3,(H,13,14). The van der Waals surface area contributed by atoms with Crippen molar-refractivity contribution in [1.82, 2.24) is 14.9 Å². The molecule has 94 valence electrons. The predicted molar refractivity (Wildman–Crippen MR) is 63.3 cm³/mol. The molecule has 0 aliphatic heterocycles. The maximum atomic E-state index is 11.9. The molecular weight excluding hydrogens is 222 g/mol. The van der Waals surface area contributed by atoms with Crippen molar-refractivity contribution in [1.29, 1.82) is 0 Å². The van der Waals surface area contributed by atoms with Crippen molar-refractivity contribution < 1.29 is 9.53 Å². The number of rotatable bonds is 6. The molecule has 0 saturated carbocycles. The van der Waals surface area contributed by atoms with E-state index in [0.717, 1.165) is 6.42 Å². The first-order valence-corrected chi connectivity index (χ1v) is 5.22. The van der Waals surface area contributed by atoms with Crippen LogP contribution in [0.25, 0.3) is 0 Å². The van der Waals surface area contributed by atoms with Gasteiger partial charge in [-0.1, -0.05) is 0 Å². The van der Waals surface area contributed by atoms with Crippen LogP contribution in [0.1, 0.15) is 16.9 Å². The molecule has 0 bridgehead atoms. The first-order valence-electron chi connectivity index (χ1n) is 5.22. The fourth-order valence-corrected chi connectivity index (χ4v) is 1.26. The first kappa shape index (κ1) is 13.3. The number of hydrazine groups is 1. The maximum Gasteiger partial charge on any atom is 0.273 e. The van der Waals surface area contributed by atoms with Gasteiger partial charge in [0, 0.05) is 27.3 Å². The van der Waals surface area contributed by atoms with Crippen LogP contribution in [0.15, 0.2) is 12.4 Å². The number of nitrogens with one attached hydrogen (secondary N) is 1. The maximum absolute atomic E-state index is 11.9. The summed E-state index contributed by atoms with van der Waals surface area (Å²) in [6, 6.07) is 0. The van der Waals surface area contributed by atoms with Crippen LogP contribution < -0.4 is 11.3 Å². The molecule has 1 aromatic heterocycles. The number of methoxy groups -OCH3 is 1. The highest BCUT2D eigenvalue weighted by atomic mass is 16.5. The molecule has 7 nitrogen and oxygen atoms in total. The molecule has 0 radical (unpaired) electrons.